The van der Waals surface area contributed by atoms with Gasteiger partial charge in [0.1, 0.15) is 11.6 Å². The normalized spacial score (nSPS) is 18.1. The zero-order chi connectivity index (χ0) is 25.8. The number of halogens is 2. The molecule has 0 spiro atoms. The Morgan fingerprint density at radius 2 is 1.54 bits per heavy atom. The molecule has 0 aliphatic carbocycles. The second kappa shape index (κ2) is 11.5. The van der Waals surface area contributed by atoms with Crippen molar-refractivity contribution in [2.24, 2.45) is 17.3 Å². The number of carbonyl (C=O) groups is 3. The van der Waals surface area contributed by atoms with Crippen LogP contribution in [0.3, 0.4) is 0 Å². The minimum atomic E-state index is -0.874. The van der Waals surface area contributed by atoms with E-state index >= 15 is 0 Å². The SMILES string of the molecule is CN(C)CC(C)(C)CNC(=O)C1CCN(C(=O)C2CCN(C(=O)c3ccc(F)cc3F)CC2)CC1. The van der Waals surface area contributed by atoms with Gasteiger partial charge in [-0.15, -0.1) is 0 Å². The Hall–Kier alpha value is -2.55. The molecule has 1 N–H and O–H groups in total. The summed E-state index contributed by atoms with van der Waals surface area (Å²) >= 11 is 0. The Kier molecular flexibility index (Phi) is 8.85. The van der Waals surface area contributed by atoms with Gasteiger partial charge in [-0.1, -0.05) is 13.8 Å². The maximum Gasteiger partial charge on any atom is 0.256 e. The maximum absolute atomic E-state index is 14.0. The Labute approximate surface area is 206 Å². The molecule has 0 saturated carbocycles. The first-order chi connectivity index (χ1) is 16.5. The average Bonchev–Trinajstić information content (AvgIpc) is 2.81. The third-order valence-electron chi connectivity index (χ3n) is 6.96. The van der Waals surface area contributed by atoms with Crippen LogP contribution >= 0.6 is 0 Å². The maximum atomic E-state index is 14.0. The summed E-state index contributed by atoms with van der Waals surface area (Å²) in [6.45, 7) is 7.57. The highest BCUT2D eigenvalue weighted by atomic mass is 19.1. The second-order valence-electron chi connectivity index (χ2n) is 10.9. The predicted octanol–water partition coefficient (Wildman–Crippen LogP) is 2.76. The number of benzene rings is 1. The molecule has 3 amide bonds. The van der Waals surface area contributed by atoms with Crippen molar-refractivity contribution in [3.8, 4) is 0 Å². The quantitative estimate of drug-likeness (QED) is 0.635. The Morgan fingerprint density at radius 1 is 0.971 bits per heavy atom. The zero-order valence-electron chi connectivity index (χ0n) is 21.3. The first kappa shape index (κ1) is 27.0. The van der Waals surface area contributed by atoms with E-state index in [1.807, 2.05) is 19.0 Å². The topological polar surface area (TPSA) is 73.0 Å². The summed E-state index contributed by atoms with van der Waals surface area (Å²) in [5, 5.41) is 3.09. The highest BCUT2D eigenvalue weighted by Crippen LogP contribution is 2.25. The zero-order valence-corrected chi connectivity index (χ0v) is 21.3. The van der Waals surface area contributed by atoms with Crippen LogP contribution in [0, 0.1) is 28.9 Å². The molecular formula is C26H38F2N4O3. The molecule has 1 aromatic carbocycles. The second-order valence-corrected chi connectivity index (χ2v) is 10.9. The summed E-state index contributed by atoms with van der Waals surface area (Å²) in [7, 11) is 4.03. The van der Waals surface area contributed by atoms with Crippen LogP contribution in [0.25, 0.3) is 0 Å². The molecule has 2 heterocycles. The van der Waals surface area contributed by atoms with Crippen molar-refractivity contribution in [3.05, 3.63) is 35.4 Å². The summed E-state index contributed by atoms with van der Waals surface area (Å²) in [5.41, 5.74) is -0.171. The number of amides is 3. The van der Waals surface area contributed by atoms with Gasteiger partial charge in [-0.25, -0.2) is 8.78 Å². The fourth-order valence-corrected chi connectivity index (χ4v) is 5.17. The summed E-state index contributed by atoms with van der Waals surface area (Å²) in [6, 6.07) is 2.94. The molecule has 9 heteroatoms. The van der Waals surface area contributed by atoms with Gasteiger partial charge in [-0.2, -0.15) is 0 Å². The number of hydrogen-bond acceptors (Lipinski definition) is 4. The van der Waals surface area contributed by atoms with Gasteiger partial charge in [0, 0.05) is 57.2 Å². The number of rotatable bonds is 7. The molecule has 2 fully saturated rings. The lowest BCUT2D eigenvalue weighted by atomic mass is 9.90. The van der Waals surface area contributed by atoms with Gasteiger partial charge in [0.05, 0.1) is 5.56 Å². The summed E-state index contributed by atoms with van der Waals surface area (Å²) in [5.74, 6) is -2.22. The third-order valence-corrected chi connectivity index (χ3v) is 6.96. The molecule has 2 aliphatic rings. The van der Waals surface area contributed by atoms with E-state index in [-0.39, 0.29) is 34.6 Å². The molecule has 2 aliphatic heterocycles. The van der Waals surface area contributed by atoms with Crippen molar-refractivity contribution < 1.29 is 23.2 Å². The van der Waals surface area contributed by atoms with Gasteiger partial charge < -0.3 is 20.0 Å². The molecule has 35 heavy (non-hydrogen) atoms. The van der Waals surface area contributed by atoms with Gasteiger partial charge in [0.15, 0.2) is 0 Å². The van der Waals surface area contributed by atoms with Crippen LogP contribution in [0.5, 0.6) is 0 Å². The van der Waals surface area contributed by atoms with Crippen molar-refractivity contribution in [1.82, 2.24) is 20.0 Å². The molecule has 0 aromatic heterocycles. The molecule has 0 bridgehead atoms. The van der Waals surface area contributed by atoms with E-state index < -0.39 is 17.5 Å². The monoisotopic (exact) mass is 492 g/mol. The molecule has 0 atom stereocenters. The van der Waals surface area contributed by atoms with E-state index in [0.29, 0.717) is 64.5 Å². The highest BCUT2D eigenvalue weighted by Gasteiger charge is 2.34. The van der Waals surface area contributed by atoms with Crippen LogP contribution in [-0.4, -0.2) is 85.8 Å². The van der Waals surface area contributed by atoms with Crippen LogP contribution < -0.4 is 5.32 Å². The van der Waals surface area contributed by atoms with Crippen LogP contribution in [0.4, 0.5) is 8.78 Å². The van der Waals surface area contributed by atoms with Crippen molar-refractivity contribution >= 4 is 17.7 Å². The molecule has 194 valence electrons. The molecule has 1 aromatic rings. The van der Waals surface area contributed by atoms with E-state index in [9.17, 15) is 23.2 Å². The molecule has 0 radical (unpaired) electrons. The van der Waals surface area contributed by atoms with Crippen LogP contribution in [0.2, 0.25) is 0 Å². The number of hydrogen-bond donors (Lipinski definition) is 1. The lowest BCUT2D eigenvalue weighted by molar-refractivity contribution is -0.140. The lowest BCUT2D eigenvalue weighted by Crippen LogP contribution is -2.49. The average molecular weight is 493 g/mol. The molecular weight excluding hydrogens is 454 g/mol. The largest absolute Gasteiger partial charge is 0.355 e. The number of nitrogens with zero attached hydrogens (tertiary/aromatic N) is 3. The van der Waals surface area contributed by atoms with Crippen LogP contribution in [0.1, 0.15) is 49.9 Å². The Bertz CT molecular complexity index is 921. The first-order valence-corrected chi connectivity index (χ1v) is 12.4. The van der Waals surface area contributed by atoms with Gasteiger partial charge in [0.2, 0.25) is 11.8 Å². The molecule has 2 saturated heterocycles. The van der Waals surface area contributed by atoms with Gasteiger partial charge >= 0.3 is 0 Å². The summed E-state index contributed by atoms with van der Waals surface area (Å²) in [4.78, 5) is 43.8. The minimum Gasteiger partial charge on any atom is -0.355 e. The Balaban J connectivity index is 1.43. The molecule has 3 rings (SSSR count). The number of likely N-dealkylation sites (tertiary alicyclic amines) is 2. The summed E-state index contributed by atoms with van der Waals surface area (Å²) in [6.07, 6.45) is 2.31. The Morgan fingerprint density at radius 3 is 2.11 bits per heavy atom. The van der Waals surface area contributed by atoms with Crippen molar-refractivity contribution in [2.75, 3.05) is 53.4 Å². The third kappa shape index (κ3) is 7.22. The van der Waals surface area contributed by atoms with Crippen LogP contribution in [-0.2, 0) is 9.59 Å². The first-order valence-electron chi connectivity index (χ1n) is 12.4. The van der Waals surface area contributed by atoms with Gasteiger partial charge in [0.25, 0.3) is 5.91 Å². The molecule has 7 nitrogen and oxygen atoms in total. The van der Waals surface area contributed by atoms with Gasteiger partial charge in [-0.05, 0) is 57.3 Å². The fourth-order valence-electron chi connectivity index (χ4n) is 5.17. The van der Waals surface area contributed by atoms with E-state index in [2.05, 4.69) is 24.1 Å². The number of carbonyl (C=O) groups excluding carboxylic acids is 3. The number of nitrogens with one attached hydrogen (secondary N) is 1. The fraction of sp³-hybridized carbons (Fsp3) is 0.654. The van der Waals surface area contributed by atoms with Gasteiger partial charge in [-0.3, -0.25) is 14.4 Å². The smallest absolute Gasteiger partial charge is 0.256 e. The minimum absolute atomic E-state index is 0.0193. The predicted molar refractivity (Wildman–Crippen MR) is 130 cm³/mol. The van der Waals surface area contributed by atoms with Crippen LogP contribution in [0.15, 0.2) is 18.2 Å². The van der Waals surface area contributed by atoms with E-state index in [4.69, 9.17) is 0 Å². The number of piperidine rings is 2. The van der Waals surface area contributed by atoms with E-state index in [1.165, 1.54) is 4.90 Å². The summed E-state index contributed by atoms with van der Waals surface area (Å²) < 4.78 is 27.1. The van der Waals surface area contributed by atoms with Crippen molar-refractivity contribution in [3.63, 3.8) is 0 Å². The molecule has 0 unspecified atom stereocenters. The van der Waals surface area contributed by atoms with E-state index in [0.717, 1.165) is 18.7 Å². The van der Waals surface area contributed by atoms with E-state index in [1.54, 1.807) is 0 Å². The standard InChI is InChI=1S/C26H38F2N4O3/c1-26(2,17-30(3)4)16-29-23(33)18-7-11-31(12-8-18)24(34)19-9-13-32(14-10-19)25(35)21-6-5-20(27)15-22(21)28/h5-6,15,18-19H,7-14,16-17H2,1-4H3,(H,29,33). The lowest BCUT2D eigenvalue weighted by Gasteiger charge is -2.37. The van der Waals surface area contributed by atoms with Crippen molar-refractivity contribution in [1.29, 1.82) is 0 Å². The highest BCUT2D eigenvalue weighted by molar-refractivity contribution is 5.94. The van der Waals surface area contributed by atoms with Crippen molar-refractivity contribution in [2.45, 2.75) is 39.5 Å².